The van der Waals surface area contributed by atoms with Crippen LogP contribution in [-0.4, -0.2) is 34.0 Å². The number of ether oxygens (including phenoxy) is 3. The molecule has 1 N–H and O–H groups in total. The number of rotatable bonds is 9. The van der Waals surface area contributed by atoms with Crippen LogP contribution in [0.1, 0.15) is 12.5 Å². The number of benzene rings is 1. The molecule has 0 fully saturated rings. The van der Waals surface area contributed by atoms with Crippen molar-refractivity contribution in [1.82, 2.24) is 5.32 Å². The normalized spacial score (nSPS) is 12.5. The Morgan fingerprint density at radius 3 is 2.55 bits per heavy atom. The van der Waals surface area contributed by atoms with Crippen LogP contribution >= 0.6 is 0 Å². The molecule has 0 aliphatic rings. The highest BCUT2D eigenvalue weighted by atomic mass is 19.3. The summed E-state index contributed by atoms with van der Waals surface area (Å²) in [5.41, 5.74) is 0.853. The molecule has 0 amide bonds. The molecule has 0 radical (unpaired) electrons. The van der Waals surface area contributed by atoms with Gasteiger partial charge in [0.05, 0.1) is 7.11 Å². The molecule has 6 heteroatoms. The predicted molar refractivity (Wildman–Crippen MR) is 72.4 cm³/mol. The monoisotopic (exact) mass is 289 g/mol. The Balaban J connectivity index is 2.58. The molecule has 0 heterocycles. The fourth-order valence-electron chi connectivity index (χ4n) is 1.83. The second kappa shape index (κ2) is 8.71. The third-order valence-corrected chi connectivity index (χ3v) is 2.72. The molecule has 0 saturated heterocycles. The van der Waals surface area contributed by atoms with Crippen LogP contribution in [0.2, 0.25) is 0 Å². The Bertz CT molecular complexity index is 402. The molecule has 20 heavy (non-hydrogen) atoms. The second-order valence-electron chi connectivity index (χ2n) is 4.56. The first-order chi connectivity index (χ1) is 9.56. The van der Waals surface area contributed by atoms with E-state index in [1.807, 2.05) is 6.07 Å². The van der Waals surface area contributed by atoms with Crippen LogP contribution in [0.5, 0.6) is 11.5 Å². The molecule has 1 aromatic carbocycles. The van der Waals surface area contributed by atoms with Crippen molar-refractivity contribution in [3.8, 4) is 11.5 Å². The van der Waals surface area contributed by atoms with Gasteiger partial charge >= 0.3 is 6.61 Å². The maximum absolute atomic E-state index is 12.3. The van der Waals surface area contributed by atoms with E-state index in [1.165, 1.54) is 7.11 Å². The van der Waals surface area contributed by atoms with Crippen LogP contribution in [0.4, 0.5) is 8.78 Å². The average molecular weight is 289 g/mol. The Kier molecular flexibility index (Phi) is 7.25. The van der Waals surface area contributed by atoms with E-state index in [0.29, 0.717) is 24.8 Å². The van der Waals surface area contributed by atoms with Crippen molar-refractivity contribution < 1.29 is 23.0 Å². The maximum atomic E-state index is 12.3. The molecule has 0 spiro atoms. The van der Waals surface area contributed by atoms with E-state index in [9.17, 15) is 8.78 Å². The molecule has 0 saturated carbocycles. The van der Waals surface area contributed by atoms with Crippen LogP contribution in [-0.2, 0) is 11.3 Å². The van der Waals surface area contributed by atoms with Gasteiger partial charge in [-0.25, -0.2) is 0 Å². The summed E-state index contributed by atoms with van der Waals surface area (Å²) in [7, 11) is 3.08. The van der Waals surface area contributed by atoms with Gasteiger partial charge < -0.3 is 19.5 Å². The second-order valence-corrected chi connectivity index (χ2v) is 4.56. The quantitative estimate of drug-likeness (QED) is 0.758. The van der Waals surface area contributed by atoms with Gasteiger partial charge in [0.1, 0.15) is 0 Å². The zero-order valence-corrected chi connectivity index (χ0v) is 12.0. The lowest BCUT2D eigenvalue weighted by atomic mass is 10.1. The first-order valence-corrected chi connectivity index (χ1v) is 6.38. The van der Waals surface area contributed by atoms with E-state index in [0.717, 1.165) is 12.1 Å². The predicted octanol–water partition coefficient (Wildman–Crippen LogP) is 2.67. The number of halogens is 2. The number of methoxy groups -OCH3 is 2. The lowest BCUT2D eigenvalue weighted by Crippen LogP contribution is -2.23. The van der Waals surface area contributed by atoms with Crippen molar-refractivity contribution in [1.29, 1.82) is 0 Å². The smallest absolute Gasteiger partial charge is 0.387 e. The molecule has 1 unspecified atom stereocenters. The van der Waals surface area contributed by atoms with Crippen molar-refractivity contribution in [3.05, 3.63) is 23.8 Å². The lowest BCUT2D eigenvalue weighted by Gasteiger charge is -2.13. The van der Waals surface area contributed by atoms with Gasteiger partial charge in [-0.1, -0.05) is 13.0 Å². The van der Waals surface area contributed by atoms with Crippen molar-refractivity contribution in [2.24, 2.45) is 5.92 Å². The molecule has 0 aliphatic carbocycles. The van der Waals surface area contributed by atoms with Gasteiger partial charge in [0, 0.05) is 26.8 Å². The standard InChI is InChI=1S/C14H21F2NO3/c1-10(9-18-2)7-17-8-11-4-5-12(19-3)13(6-11)20-14(15)16/h4-6,10,14,17H,7-9H2,1-3H3. The van der Waals surface area contributed by atoms with Gasteiger partial charge in [0.2, 0.25) is 0 Å². The first kappa shape index (κ1) is 16.7. The molecule has 1 rings (SSSR count). The Morgan fingerprint density at radius 2 is 1.95 bits per heavy atom. The van der Waals surface area contributed by atoms with Crippen LogP contribution in [0, 0.1) is 5.92 Å². The topological polar surface area (TPSA) is 39.7 Å². The minimum atomic E-state index is -2.87. The summed E-state index contributed by atoms with van der Waals surface area (Å²) in [6.45, 7) is 1.22. The van der Waals surface area contributed by atoms with E-state index >= 15 is 0 Å². The third kappa shape index (κ3) is 5.71. The Labute approximate surface area is 118 Å². The number of nitrogens with one attached hydrogen (secondary N) is 1. The highest BCUT2D eigenvalue weighted by Crippen LogP contribution is 2.29. The minimum absolute atomic E-state index is 0.0479. The van der Waals surface area contributed by atoms with Crippen LogP contribution in [0.3, 0.4) is 0 Å². The van der Waals surface area contributed by atoms with Gasteiger partial charge in [-0.05, 0) is 23.6 Å². The van der Waals surface area contributed by atoms with Crippen LogP contribution in [0.25, 0.3) is 0 Å². The highest BCUT2D eigenvalue weighted by Gasteiger charge is 2.11. The van der Waals surface area contributed by atoms with E-state index < -0.39 is 6.61 Å². The zero-order chi connectivity index (χ0) is 15.0. The van der Waals surface area contributed by atoms with E-state index in [2.05, 4.69) is 17.0 Å². The average Bonchev–Trinajstić information content (AvgIpc) is 2.38. The third-order valence-electron chi connectivity index (χ3n) is 2.72. The van der Waals surface area contributed by atoms with E-state index in [4.69, 9.17) is 9.47 Å². The van der Waals surface area contributed by atoms with Crippen molar-refractivity contribution >= 4 is 0 Å². The van der Waals surface area contributed by atoms with E-state index in [-0.39, 0.29) is 5.75 Å². The van der Waals surface area contributed by atoms with E-state index in [1.54, 1.807) is 19.2 Å². The molecule has 0 aromatic heterocycles. The van der Waals surface area contributed by atoms with Gasteiger partial charge in [-0.3, -0.25) is 0 Å². The summed E-state index contributed by atoms with van der Waals surface area (Å²) >= 11 is 0. The first-order valence-electron chi connectivity index (χ1n) is 6.38. The Hall–Kier alpha value is -1.40. The largest absolute Gasteiger partial charge is 0.493 e. The molecule has 1 aromatic rings. The van der Waals surface area contributed by atoms with Gasteiger partial charge in [-0.15, -0.1) is 0 Å². The summed E-state index contributed by atoms with van der Waals surface area (Å²) < 4.78 is 39.1. The molecule has 4 nitrogen and oxygen atoms in total. The fourth-order valence-corrected chi connectivity index (χ4v) is 1.83. The lowest BCUT2D eigenvalue weighted by molar-refractivity contribution is -0.0512. The molecule has 114 valence electrons. The summed E-state index contributed by atoms with van der Waals surface area (Å²) in [6.07, 6.45) is 0. The molecule has 0 aliphatic heterocycles. The minimum Gasteiger partial charge on any atom is -0.493 e. The summed E-state index contributed by atoms with van der Waals surface area (Å²) in [5.74, 6) is 0.726. The summed E-state index contributed by atoms with van der Waals surface area (Å²) in [5, 5.41) is 3.24. The van der Waals surface area contributed by atoms with Crippen molar-refractivity contribution in [3.63, 3.8) is 0 Å². The maximum Gasteiger partial charge on any atom is 0.387 e. The molecule has 0 bridgehead atoms. The number of alkyl halides is 2. The highest BCUT2D eigenvalue weighted by molar-refractivity contribution is 5.42. The van der Waals surface area contributed by atoms with Gasteiger partial charge in [0.25, 0.3) is 0 Å². The number of hydrogen-bond acceptors (Lipinski definition) is 4. The number of hydrogen-bond donors (Lipinski definition) is 1. The van der Waals surface area contributed by atoms with Gasteiger partial charge in [0.15, 0.2) is 11.5 Å². The van der Waals surface area contributed by atoms with Crippen LogP contribution in [0.15, 0.2) is 18.2 Å². The molecular formula is C14H21F2NO3. The SMILES string of the molecule is COCC(C)CNCc1ccc(OC)c(OC(F)F)c1. The van der Waals surface area contributed by atoms with Crippen molar-refractivity contribution in [2.45, 2.75) is 20.1 Å². The fraction of sp³-hybridized carbons (Fsp3) is 0.571. The van der Waals surface area contributed by atoms with Gasteiger partial charge in [-0.2, -0.15) is 8.78 Å². The zero-order valence-electron chi connectivity index (χ0n) is 12.0. The molecular weight excluding hydrogens is 268 g/mol. The summed E-state index contributed by atoms with van der Waals surface area (Å²) in [6, 6.07) is 4.98. The van der Waals surface area contributed by atoms with Crippen molar-refractivity contribution in [2.75, 3.05) is 27.4 Å². The Morgan fingerprint density at radius 1 is 1.20 bits per heavy atom. The summed E-state index contributed by atoms with van der Waals surface area (Å²) in [4.78, 5) is 0. The van der Waals surface area contributed by atoms with Crippen LogP contribution < -0.4 is 14.8 Å². The molecule has 1 atom stereocenters.